The molecular weight excluding hydrogens is 1250 g/mol. The lowest BCUT2D eigenvalue weighted by atomic mass is 10.0. The molecule has 0 bridgehead atoms. The Balaban J connectivity index is 6.88. The van der Waals surface area contributed by atoms with Crippen molar-refractivity contribution in [2.45, 2.75) is 203 Å². The number of guanidine groups is 2. The minimum atomic E-state index is -1.93. The molecule has 0 aliphatic heterocycles. The first-order valence-electron chi connectivity index (χ1n) is 30.2. The van der Waals surface area contributed by atoms with E-state index in [2.05, 4.69) is 68.5 Å². The van der Waals surface area contributed by atoms with Gasteiger partial charge in [0.2, 0.25) is 76.8 Å². The van der Waals surface area contributed by atoms with E-state index in [-0.39, 0.29) is 102 Å². The maximum absolute atomic E-state index is 14.2. The Bertz CT molecular complexity index is 2600. The van der Waals surface area contributed by atoms with Crippen molar-refractivity contribution in [1.29, 1.82) is 0 Å². The lowest BCUT2D eigenvalue weighted by Crippen LogP contribution is -2.62. The van der Waals surface area contributed by atoms with E-state index in [0.717, 1.165) is 27.7 Å². The van der Waals surface area contributed by atoms with Gasteiger partial charge in [0, 0.05) is 33.0 Å². The van der Waals surface area contributed by atoms with Gasteiger partial charge in [0.25, 0.3) is 0 Å². The molecule has 0 aromatic heterocycles. The maximum Gasteiger partial charge on any atom is 0.322 e. The van der Waals surface area contributed by atoms with E-state index in [0.29, 0.717) is 6.42 Å². The number of hydrogen-bond donors (Lipinski definition) is 24. The lowest BCUT2D eigenvalue weighted by molar-refractivity contribution is -0.139. The number of nitrogens with one attached hydrogen (secondary N) is 12. The third-order valence-corrected chi connectivity index (χ3v) is 13.6. The molecule has 13 amide bonds. The SMILES string of the molecule is CC(=O)NCCCC[C@H](NC(=O)[C@H](CCCN=C(N)N)NC(=O)[C@H](C)NC(=O)[C@@H](NC(=O)[C@H](CCC(N)=O)NC(=O)[C@H](CCCCN)NC(=O)[C@@H](NC(=O)[C@H](CCCN=C(N)N)NC(=O)[C@H](C)N)[C@@H](C)O)[C@@H](C)O)C(=O)N[C@@H](CO)C(=O)N[C@H](C(=O)NCC(=O)O)[C@@H](C)O. The Labute approximate surface area is 542 Å². The second kappa shape index (κ2) is 45.2. The molecule has 0 saturated carbocycles. The third kappa shape index (κ3) is 35.1. The van der Waals surface area contributed by atoms with E-state index < -0.39 is 188 Å². The highest BCUT2D eigenvalue weighted by Gasteiger charge is 2.38. The van der Waals surface area contributed by atoms with Crippen LogP contribution in [0, 0.1) is 0 Å². The summed E-state index contributed by atoms with van der Waals surface area (Å²) in [5.41, 5.74) is 38.5. The van der Waals surface area contributed by atoms with Crippen LogP contribution in [0.25, 0.3) is 0 Å². The number of primary amides is 1. The van der Waals surface area contributed by atoms with Crippen LogP contribution in [0.1, 0.15) is 119 Å². The van der Waals surface area contributed by atoms with Crippen LogP contribution >= 0.6 is 0 Å². The van der Waals surface area contributed by atoms with E-state index >= 15 is 0 Å². The second-order valence-electron chi connectivity index (χ2n) is 22.0. The number of nitrogens with two attached hydrogens (primary N) is 7. The Morgan fingerprint density at radius 3 is 1.15 bits per heavy atom. The summed E-state index contributed by atoms with van der Waals surface area (Å²) in [5.74, 6) is -15.2. The van der Waals surface area contributed by atoms with Gasteiger partial charge in [-0.1, -0.05) is 0 Å². The van der Waals surface area contributed by atoms with Gasteiger partial charge >= 0.3 is 5.97 Å². The average Bonchev–Trinajstić information content (AvgIpc) is 0.958. The third-order valence-electron chi connectivity index (χ3n) is 13.6. The molecule has 0 aromatic carbocycles. The van der Waals surface area contributed by atoms with Gasteiger partial charge in [-0.3, -0.25) is 77.1 Å². The zero-order valence-corrected chi connectivity index (χ0v) is 53.7. The number of unbranched alkanes of at least 4 members (excludes halogenated alkanes) is 2. The Kier molecular flexibility index (Phi) is 40.8. The standard InChI is InChI=1S/C54H99N21O19/c1-25(56)42(84)67-34(16-12-22-64-54(60)61)47(89)75-41(29(5)79)52(94)71-32(13-7-9-19-55)44(86)70-35(17-18-37(57)81)48(90)74-40(28(4)78)51(93)66-26(2)43(85)68-33(15-11-21-63-53(58)59)45(87)69-31(14-8-10-20-62-30(6)80)46(88)72-36(24-76)49(91)73-39(27(3)77)50(92)65-23-38(82)83/h25-29,31-36,39-41,76-79H,7-24,55-56H2,1-6H3,(H2,57,81)(H,62,80)(H,65,92)(H,66,93)(H,67,84)(H,68,85)(H,69,87)(H,70,86)(H,71,94)(H,72,88)(H,73,91)(H,74,90)(H,75,89)(H,82,83)(H4,58,59,63)(H4,60,61,64)/t25-,26-,27+,28+,29+,31-,32-,33-,34-,35-,36-,39-,40-,41-/m0/s1. The predicted molar refractivity (Wildman–Crippen MR) is 335 cm³/mol. The van der Waals surface area contributed by atoms with E-state index in [1.54, 1.807) is 0 Å². The van der Waals surface area contributed by atoms with E-state index in [9.17, 15) is 87.5 Å². The van der Waals surface area contributed by atoms with Crippen molar-refractivity contribution in [2.24, 2.45) is 50.1 Å². The highest BCUT2D eigenvalue weighted by Crippen LogP contribution is 2.11. The molecule has 0 spiro atoms. The molecule has 0 rings (SSSR count). The summed E-state index contributed by atoms with van der Waals surface area (Å²) in [5, 5.41) is 78.9. The normalized spacial score (nSPS) is 15.4. The smallest absolute Gasteiger partial charge is 0.322 e. The number of nitrogens with zero attached hydrogens (tertiary/aromatic N) is 2. The molecule has 40 nitrogen and oxygen atoms in total. The van der Waals surface area contributed by atoms with Gasteiger partial charge in [-0.15, -0.1) is 0 Å². The number of carbonyl (C=O) groups is 14. The molecule has 40 heteroatoms. The van der Waals surface area contributed by atoms with Crippen LogP contribution in [-0.2, 0) is 67.1 Å². The summed E-state index contributed by atoms with van der Waals surface area (Å²) >= 11 is 0. The number of carbonyl (C=O) groups excluding carboxylic acids is 13. The Morgan fingerprint density at radius 1 is 0.415 bits per heavy atom. The number of aliphatic hydroxyl groups is 4. The van der Waals surface area contributed by atoms with Crippen LogP contribution in [0.2, 0.25) is 0 Å². The molecule has 0 aromatic rings. The lowest BCUT2D eigenvalue weighted by Gasteiger charge is -2.29. The molecule has 31 N–H and O–H groups in total. The van der Waals surface area contributed by atoms with Gasteiger partial charge in [-0.25, -0.2) is 0 Å². The van der Waals surface area contributed by atoms with Gasteiger partial charge in [0.05, 0.1) is 31.0 Å². The number of hydrogen-bond acceptors (Lipinski definition) is 22. The Hall–Kier alpha value is -9.12. The molecule has 0 radical (unpaired) electrons. The van der Waals surface area contributed by atoms with Crippen molar-refractivity contribution in [2.75, 3.05) is 39.3 Å². The molecule has 0 saturated heterocycles. The summed E-state index contributed by atoms with van der Waals surface area (Å²) < 4.78 is 0. The first kappa shape index (κ1) is 84.9. The fourth-order valence-electron chi connectivity index (χ4n) is 8.36. The van der Waals surface area contributed by atoms with Crippen LogP contribution in [0.15, 0.2) is 9.98 Å². The summed E-state index contributed by atoms with van der Waals surface area (Å²) in [6.07, 6.45) is -5.73. The number of amides is 13. The largest absolute Gasteiger partial charge is 0.480 e. The number of aliphatic hydroxyl groups excluding tert-OH is 4. The molecule has 0 aliphatic rings. The van der Waals surface area contributed by atoms with Crippen LogP contribution in [0.4, 0.5) is 0 Å². The predicted octanol–water partition coefficient (Wildman–Crippen LogP) is -11.7. The number of carboxylic acids is 1. The molecular formula is C54H99N21O19. The maximum atomic E-state index is 14.2. The zero-order valence-electron chi connectivity index (χ0n) is 53.7. The quantitative estimate of drug-likeness (QED) is 0.0153. The van der Waals surface area contributed by atoms with Gasteiger partial charge in [-0.2, -0.15) is 0 Å². The highest BCUT2D eigenvalue weighted by molar-refractivity contribution is 5.99. The van der Waals surface area contributed by atoms with Crippen molar-refractivity contribution in [3.63, 3.8) is 0 Å². The van der Waals surface area contributed by atoms with Crippen molar-refractivity contribution in [3.05, 3.63) is 0 Å². The van der Waals surface area contributed by atoms with E-state index in [1.165, 1.54) is 13.8 Å². The molecule has 94 heavy (non-hydrogen) atoms. The molecule has 0 aliphatic carbocycles. The minimum absolute atomic E-state index is 0.00489. The van der Waals surface area contributed by atoms with Crippen LogP contribution in [0.3, 0.4) is 0 Å². The fourth-order valence-corrected chi connectivity index (χ4v) is 8.36. The Morgan fingerprint density at radius 2 is 0.766 bits per heavy atom. The summed E-state index contributed by atoms with van der Waals surface area (Å²) in [6.45, 7) is 5.31. The molecule has 0 fully saturated rings. The first-order chi connectivity index (χ1) is 44.0. The van der Waals surface area contributed by atoms with Gasteiger partial charge < -0.3 is 129 Å². The summed E-state index contributed by atoms with van der Waals surface area (Å²) in [7, 11) is 0. The van der Waals surface area contributed by atoms with Gasteiger partial charge in [-0.05, 0) is 112 Å². The first-order valence-corrected chi connectivity index (χ1v) is 30.2. The number of aliphatic carboxylic acids is 1. The monoisotopic (exact) mass is 1350 g/mol. The van der Waals surface area contributed by atoms with Crippen LogP contribution < -0.4 is 104 Å². The van der Waals surface area contributed by atoms with E-state index in [1.807, 2.05) is 5.32 Å². The molecule has 534 valence electrons. The van der Waals surface area contributed by atoms with Gasteiger partial charge in [0.1, 0.15) is 67.0 Å². The van der Waals surface area contributed by atoms with E-state index in [4.69, 9.17) is 45.2 Å². The molecule has 0 heterocycles. The van der Waals surface area contributed by atoms with Crippen LogP contribution in [-0.4, -0.2) is 244 Å². The number of rotatable bonds is 47. The van der Waals surface area contributed by atoms with Crippen molar-refractivity contribution in [1.82, 2.24) is 63.8 Å². The van der Waals surface area contributed by atoms with Crippen molar-refractivity contribution < 1.29 is 92.7 Å². The average molecular weight is 1350 g/mol. The fraction of sp³-hybridized carbons (Fsp3) is 0.704. The number of aliphatic imine (C=N–C) groups is 2. The van der Waals surface area contributed by atoms with Gasteiger partial charge in [0.15, 0.2) is 11.9 Å². The summed E-state index contributed by atoms with van der Waals surface area (Å²) in [6, 6.07) is -17.7. The molecule has 0 unspecified atom stereocenters. The minimum Gasteiger partial charge on any atom is -0.480 e. The molecule has 14 atom stereocenters. The van der Waals surface area contributed by atoms with Crippen molar-refractivity contribution >= 4 is 94.7 Å². The van der Waals surface area contributed by atoms with Crippen LogP contribution in [0.5, 0.6) is 0 Å². The van der Waals surface area contributed by atoms with Crippen molar-refractivity contribution in [3.8, 4) is 0 Å². The summed E-state index contributed by atoms with van der Waals surface area (Å²) in [4.78, 5) is 192. The highest BCUT2D eigenvalue weighted by atomic mass is 16.4. The topological polar surface area (TPSA) is 691 Å². The number of carboxylic acid groups (broad SMARTS) is 1. The second-order valence-corrected chi connectivity index (χ2v) is 22.0. The zero-order chi connectivity index (χ0) is 71.9.